The van der Waals surface area contributed by atoms with E-state index in [0.717, 1.165) is 35.7 Å². The summed E-state index contributed by atoms with van der Waals surface area (Å²) < 4.78 is 7.21. The van der Waals surface area contributed by atoms with Crippen LogP contribution in [-0.2, 0) is 0 Å². The van der Waals surface area contributed by atoms with Crippen LogP contribution in [0.2, 0.25) is 0 Å². The van der Waals surface area contributed by atoms with Gasteiger partial charge in [-0.25, -0.2) is 4.68 Å². The number of nitrogens with zero attached hydrogens (tertiary/aromatic N) is 2. The fourth-order valence-electron chi connectivity index (χ4n) is 2.49. The third-order valence-corrected chi connectivity index (χ3v) is 3.80. The average molecular weight is 323 g/mol. The van der Waals surface area contributed by atoms with Crippen LogP contribution in [0.4, 0.5) is 0 Å². The van der Waals surface area contributed by atoms with Crippen LogP contribution >= 0.6 is 0 Å². The third kappa shape index (κ3) is 3.74. The van der Waals surface area contributed by atoms with Gasteiger partial charge in [0.25, 0.3) is 5.56 Å². The summed E-state index contributed by atoms with van der Waals surface area (Å²) in [6, 6.07) is 12.9. The Balaban J connectivity index is 1.75. The quantitative estimate of drug-likeness (QED) is 0.673. The molecule has 24 heavy (non-hydrogen) atoms. The van der Waals surface area contributed by atoms with E-state index in [1.54, 1.807) is 18.5 Å². The minimum Gasteiger partial charge on any atom is -0.494 e. The summed E-state index contributed by atoms with van der Waals surface area (Å²) in [5, 5.41) is 3.12. The van der Waals surface area contributed by atoms with Gasteiger partial charge in [0.1, 0.15) is 5.75 Å². The summed E-state index contributed by atoms with van der Waals surface area (Å²) >= 11 is 0. The first-order valence-corrected chi connectivity index (χ1v) is 8.23. The molecule has 0 spiro atoms. The van der Waals surface area contributed by atoms with Gasteiger partial charge in [0.2, 0.25) is 0 Å². The van der Waals surface area contributed by atoms with E-state index < -0.39 is 0 Å². The molecule has 5 heteroatoms. The Hall–Kier alpha value is -2.82. The number of pyridine rings is 1. The fourth-order valence-corrected chi connectivity index (χ4v) is 2.49. The molecule has 124 valence electrons. The van der Waals surface area contributed by atoms with Crippen LogP contribution in [0.5, 0.6) is 5.75 Å². The molecule has 0 aliphatic rings. The van der Waals surface area contributed by atoms with E-state index in [0.29, 0.717) is 0 Å². The summed E-state index contributed by atoms with van der Waals surface area (Å²) in [5.41, 5.74) is 2.29. The molecule has 0 fully saturated rings. The van der Waals surface area contributed by atoms with Gasteiger partial charge < -0.3 is 4.74 Å². The highest BCUT2D eigenvalue weighted by atomic mass is 16.5. The van der Waals surface area contributed by atoms with Crippen molar-refractivity contribution < 1.29 is 4.74 Å². The van der Waals surface area contributed by atoms with Crippen LogP contribution < -0.4 is 10.3 Å². The zero-order chi connectivity index (χ0) is 16.8. The summed E-state index contributed by atoms with van der Waals surface area (Å²) in [4.78, 5) is 16.3. The molecule has 0 atom stereocenters. The maximum Gasteiger partial charge on any atom is 0.271 e. The van der Waals surface area contributed by atoms with Crippen molar-refractivity contribution >= 4 is 0 Å². The van der Waals surface area contributed by atoms with Crippen molar-refractivity contribution in [3.05, 3.63) is 65.2 Å². The lowest BCUT2D eigenvalue weighted by Crippen LogP contribution is -2.13. The Morgan fingerprint density at radius 3 is 2.71 bits per heavy atom. The Bertz CT molecular complexity index is 820. The predicted octanol–water partition coefficient (Wildman–Crippen LogP) is 3.80. The van der Waals surface area contributed by atoms with Gasteiger partial charge in [-0.3, -0.25) is 14.9 Å². The van der Waals surface area contributed by atoms with Crippen molar-refractivity contribution in [1.82, 2.24) is 14.8 Å². The topological polar surface area (TPSA) is 59.9 Å². The number of unbranched alkanes of at least 4 members (excludes halogenated alkanes) is 2. The average Bonchev–Trinajstić information content (AvgIpc) is 3.02. The van der Waals surface area contributed by atoms with Crippen LogP contribution in [0.15, 0.2) is 59.7 Å². The molecule has 0 saturated carbocycles. The number of aromatic amines is 1. The predicted molar refractivity (Wildman–Crippen MR) is 94.6 cm³/mol. The van der Waals surface area contributed by atoms with Crippen LogP contribution in [-0.4, -0.2) is 21.4 Å². The molecular weight excluding hydrogens is 302 g/mol. The summed E-state index contributed by atoms with van der Waals surface area (Å²) in [7, 11) is 0. The number of H-pyrrole nitrogens is 1. The minimum absolute atomic E-state index is 0.106. The fraction of sp³-hybridized carbons (Fsp3) is 0.263. The van der Waals surface area contributed by atoms with E-state index in [4.69, 9.17) is 4.74 Å². The van der Waals surface area contributed by atoms with E-state index in [1.807, 2.05) is 36.4 Å². The van der Waals surface area contributed by atoms with Gasteiger partial charge in [-0.05, 0) is 42.8 Å². The molecule has 2 heterocycles. The van der Waals surface area contributed by atoms with Crippen molar-refractivity contribution in [3.63, 3.8) is 0 Å². The molecule has 0 amide bonds. The molecule has 0 aliphatic heterocycles. The van der Waals surface area contributed by atoms with E-state index in [-0.39, 0.29) is 5.56 Å². The van der Waals surface area contributed by atoms with Gasteiger partial charge >= 0.3 is 0 Å². The first-order valence-electron chi connectivity index (χ1n) is 8.23. The highest BCUT2D eigenvalue weighted by Gasteiger charge is 2.07. The van der Waals surface area contributed by atoms with Gasteiger partial charge in [-0.2, -0.15) is 0 Å². The van der Waals surface area contributed by atoms with Gasteiger partial charge in [-0.1, -0.05) is 19.8 Å². The monoisotopic (exact) mass is 323 g/mol. The molecule has 0 radical (unpaired) electrons. The highest BCUT2D eigenvalue weighted by Crippen LogP contribution is 2.17. The highest BCUT2D eigenvalue weighted by molar-refractivity contribution is 5.57. The Kier molecular flexibility index (Phi) is 5.11. The summed E-state index contributed by atoms with van der Waals surface area (Å²) in [5.74, 6) is 0.821. The second-order valence-electron chi connectivity index (χ2n) is 5.63. The van der Waals surface area contributed by atoms with E-state index in [1.165, 1.54) is 17.5 Å². The van der Waals surface area contributed by atoms with E-state index >= 15 is 0 Å². The van der Waals surface area contributed by atoms with Crippen molar-refractivity contribution in [2.24, 2.45) is 0 Å². The number of hydrogen-bond acceptors (Lipinski definition) is 3. The Morgan fingerprint density at radius 2 is 2.00 bits per heavy atom. The van der Waals surface area contributed by atoms with Crippen LogP contribution in [0.1, 0.15) is 26.2 Å². The number of aromatic nitrogens is 3. The standard InChI is InChI=1S/C19H21N3O2/c1-2-3-4-12-24-17-9-7-16(8-10-17)22-19(23)13-18(21-22)15-6-5-11-20-14-15/h5-11,13-14,21H,2-4,12H2,1H3. The number of hydrogen-bond donors (Lipinski definition) is 1. The van der Waals surface area contributed by atoms with E-state index in [2.05, 4.69) is 17.0 Å². The molecule has 0 bridgehead atoms. The van der Waals surface area contributed by atoms with Crippen LogP contribution in [0, 0.1) is 0 Å². The van der Waals surface area contributed by atoms with Crippen LogP contribution in [0.3, 0.4) is 0 Å². The first kappa shape index (κ1) is 16.1. The van der Waals surface area contributed by atoms with Crippen molar-refractivity contribution in [1.29, 1.82) is 0 Å². The first-order chi connectivity index (χ1) is 11.8. The van der Waals surface area contributed by atoms with Crippen molar-refractivity contribution in [2.75, 3.05) is 6.61 Å². The Labute approximate surface area is 140 Å². The maximum absolute atomic E-state index is 12.2. The van der Waals surface area contributed by atoms with Crippen molar-refractivity contribution in [2.45, 2.75) is 26.2 Å². The number of rotatable bonds is 7. The lowest BCUT2D eigenvalue weighted by molar-refractivity contribution is 0.306. The lowest BCUT2D eigenvalue weighted by Gasteiger charge is -2.07. The second kappa shape index (κ2) is 7.64. The minimum atomic E-state index is -0.106. The molecule has 3 aromatic rings. The van der Waals surface area contributed by atoms with Crippen molar-refractivity contribution in [3.8, 4) is 22.7 Å². The maximum atomic E-state index is 12.2. The zero-order valence-electron chi connectivity index (χ0n) is 13.7. The Morgan fingerprint density at radius 1 is 1.17 bits per heavy atom. The van der Waals surface area contributed by atoms with Gasteiger partial charge in [0, 0.05) is 24.0 Å². The lowest BCUT2D eigenvalue weighted by atomic mass is 10.2. The van der Waals surface area contributed by atoms with E-state index in [9.17, 15) is 4.79 Å². The zero-order valence-corrected chi connectivity index (χ0v) is 13.7. The number of benzene rings is 1. The molecular formula is C19H21N3O2. The SMILES string of the molecule is CCCCCOc1ccc(-n2[nH]c(-c3cccnc3)cc2=O)cc1. The van der Waals surface area contributed by atoms with Gasteiger partial charge in [0.15, 0.2) is 0 Å². The molecule has 0 aliphatic carbocycles. The summed E-state index contributed by atoms with van der Waals surface area (Å²) in [6.07, 6.45) is 6.84. The molecule has 3 rings (SSSR count). The number of ether oxygens (including phenoxy) is 1. The molecule has 1 N–H and O–H groups in total. The van der Waals surface area contributed by atoms with Gasteiger partial charge in [0.05, 0.1) is 18.0 Å². The smallest absolute Gasteiger partial charge is 0.271 e. The van der Waals surface area contributed by atoms with Gasteiger partial charge in [-0.15, -0.1) is 0 Å². The molecule has 1 aromatic carbocycles. The summed E-state index contributed by atoms with van der Waals surface area (Å²) in [6.45, 7) is 2.89. The normalized spacial score (nSPS) is 10.7. The molecule has 5 nitrogen and oxygen atoms in total. The van der Waals surface area contributed by atoms with Crippen LogP contribution in [0.25, 0.3) is 16.9 Å². The molecule has 0 unspecified atom stereocenters. The molecule has 2 aromatic heterocycles. The molecule has 0 saturated heterocycles. The second-order valence-corrected chi connectivity index (χ2v) is 5.63. The number of nitrogens with one attached hydrogen (secondary N) is 1. The third-order valence-electron chi connectivity index (χ3n) is 3.80. The largest absolute Gasteiger partial charge is 0.494 e.